The van der Waals surface area contributed by atoms with Crippen molar-refractivity contribution in [3.8, 4) is 17.2 Å². The van der Waals surface area contributed by atoms with E-state index in [1.54, 1.807) is 6.92 Å². The Labute approximate surface area is 152 Å². The minimum Gasteiger partial charge on any atom is -0.508 e. The van der Waals surface area contributed by atoms with E-state index in [1.165, 1.54) is 24.3 Å². The minimum absolute atomic E-state index is 0.0232. The summed E-state index contributed by atoms with van der Waals surface area (Å²) in [5, 5.41) is 40.9. The molecule has 1 atom stereocenters. The molecule has 0 aliphatic carbocycles. The summed E-state index contributed by atoms with van der Waals surface area (Å²) in [5.41, 5.74) is 0.133. The largest absolute Gasteiger partial charge is 0.508 e. The zero-order valence-electron chi connectivity index (χ0n) is 14.3. The van der Waals surface area contributed by atoms with E-state index in [2.05, 4.69) is 6.58 Å². The Hall–Kier alpha value is -3.45. The molecule has 0 bridgehead atoms. The third-order valence-corrected chi connectivity index (χ3v) is 4.61. The second-order valence-electron chi connectivity index (χ2n) is 6.54. The van der Waals surface area contributed by atoms with Crippen LogP contribution in [0.25, 0.3) is 33.1 Å². The number of rotatable bonds is 3. The van der Waals surface area contributed by atoms with Crippen LogP contribution in [0.3, 0.4) is 0 Å². The van der Waals surface area contributed by atoms with Crippen molar-refractivity contribution < 1.29 is 29.3 Å². The van der Waals surface area contributed by atoms with Crippen molar-refractivity contribution in [2.45, 2.75) is 19.4 Å². The van der Waals surface area contributed by atoms with Crippen LogP contribution in [-0.2, 0) is 6.42 Å². The summed E-state index contributed by atoms with van der Waals surface area (Å²) in [4.78, 5) is 13.0. The maximum atomic E-state index is 13.0. The van der Waals surface area contributed by atoms with Gasteiger partial charge in [-0.25, -0.2) is 0 Å². The van der Waals surface area contributed by atoms with Crippen molar-refractivity contribution >= 4 is 33.1 Å². The lowest BCUT2D eigenvalue weighted by molar-refractivity contribution is 0.209. The lowest BCUT2D eigenvalue weighted by Crippen LogP contribution is -2.12. The molecule has 0 spiro atoms. The molecule has 7 heteroatoms. The molecule has 0 saturated heterocycles. The van der Waals surface area contributed by atoms with E-state index in [-0.39, 0.29) is 51.2 Å². The molecular weight excluding hydrogens is 352 g/mol. The summed E-state index contributed by atoms with van der Waals surface area (Å²) in [6.45, 7) is 5.26. The first-order valence-electron chi connectivity index (χ1n) is 8.17. The highest BCUT2D eigenvalue weighted by molar-refractivity contribution is 6.07. The van der Waals surface area contributed by atoms with Crippen LogP contribution in [0.2, 0.25) is 0 Å². The Morgan fingerprint density at radius 1 is 1.11 bits per heavy atom. The van der Waals surface area contributed by atoms with Gasteiger partial charge in [-0.2, -0.15) is 0 Å². The Bertz CT molecular complexity index is 1290. The summed E-state index contributed by atoms with van der Waals surface area (Å²) < 4.78 is 11.1. The number of fused-ring (bicyclic) bond motifs is 4. The topological polar surface area (TPSA) is 124 Å². The smallest absolute Gasteiger partial charge is 0.302 e. The molecule has 0 amide bonds. The Morgan fingerprint density at radius 2 is 1.81 bits per heavy atom. The second kappa shape index (κ2) is 5.78. The van der Waals surface area contributed by atoms with E-state index in [1.807, 2.05) is 0 Å². The molecule has 138 valence electrons. The van der Waals surface area contributed by atoms with E-state index in [0.717, 1.165) is 0 Å². The second-order valence-corrected chi connectivity index (χ2v) is 6.54. The van der Waals surface area contributed by atoms with Crippen molar-refractivity contribution in [2.75, 3.05) is 0 Å². The third-order valence-electron chi connectivity index (χ3n) is 4.61. The van der Waals surface area contributed by atoms with E-state index in [0.29, 0.717) is 11.0 Å². The van der Waals surface area contributed by atoms with Crippen molar-refractivity contribution in [3.63, 3.8) is 0 Å². The highest BCUT2D eigenvalue weighted by Gasteiger charge is 2.23. The predicted octanol–water partition coefficient (Wildman–Crippen LogP) is 3.29. The first-order valence-corrected chi connectivity index (χ1v) is 8.17. The lowest BCUT2D eigenvalue weighted by Gasteiger charge is -2.14. The van der Waals surface area contributed by atoms with E-state index in [9.17, 15) is 25.2 Å². The first-order chi connectivity index (χ1) is 12.8. The minimum atomic E-state index is -0.993. The number of aliphatic hydroxyl groups is 1. The molecule has 4 rings (SSSR count). The molecule has 2 heterocycles. The van der Waals surface area contributed by atoms with Gasteiger partial charge >= 0.3 is 5.78 Å². The fourth-order valence-corrected chi connectivity index (χ4v) is 3.12. The van der Waals surface area contributed by atoms with E-state index >= 15 is 0 Å². The van der Waals surface area contributed by atoms with Gasteiger partial charge in [-0.1, -0.05) is 12.2 Å². The standard InChI is InChI=1S/C20H16O7/c1-8(2)12(22)6-11-13(23)7-15-17(18(11)24)19(25)16-10-4-3-9(21)5-14(10)26-20(16)27-15/h3-5,7,12,21-24H,1,6H2,2H3/t12-/m1/s1. The van der Waals surface area contributed by atoms with Crippen molar-refractivity contribution in [2.24, 2.45) is 0 Å². The van der Waals surface area contributed by atoms with Crippen LogP contribution in [0.4, 0.5) is 0 Å². The summed E-state index contributed by atoms with van der Waals surface area (Å²) in [6.07, 6.45) is -1.10. The number of phenolic OH excluding ortho intramolecular Hbond substituents is 3. The molecule has 27 heavy (non-hydrogen) atoms. The van der Waals surface area contributed by atoms with Crippen LogP contribution in [0.1, 0.15) is 12.5 Å². The Morgan fingerprint density at radius 3 is 2.52 bits per heavy atom. The Balaban J connectivity index is 2.08. The molecule has 0 fully saturated rings. The van der Waals surface area contributed by atoms with Gasteiger partial charge in [0.2, 0.25) is 5.43 Å². The van der Waals surface area contributed by atoms with Crippen LogP contribution in [0.15, 0.2) is 50.0 Å². The zero-order chi connectivity index (χ0) is 19.5. The SMILES string of the molecule is C=C(C)[C@H](O)Cc1c(O)cc2oc3oc4cc(O)ccc4c3c(=O)c2c1O. The van der Waals surface area contributed by atoms with E-state index in [4.69, 9.17) is 8.83 Å². The van der Waals surface area contributed by atoms with Crippen LogP contribution in [-0.4, -0.2) is 26.5 Å². The average Bonchev–Trinajstić information content (AvgIpc) is 2.95. The quantitative estimate of drug-likeness (QED) is 0.409. The number of aromatic hydroxyl groups is 3. The predicted molar refractivity (Wildman–Crippen MR) is 99.3 cm³/mol. The van der Waals surface area contributed by atoms with Crippen LogP contribution in [0, 0.1) is 0 Å². The van der Waals surface area contributed by atoms with Crippen LogP contribution < -0.4 is 5.43 Å². The molecule has 0 radical (unpaired) electrons. The summed E-state index contributed by atoms with van der Waals surface area (Å²) in [6, 6.07) is 5.47. The van der Waals surface area contributed by atoms with Crippen LogP contribution in [0.5, 0.6) is 17.2 Å². The molecule has 7 nitrogen and oxygen atoms in total. The number of aliphatic hydroxyl groups excluding tert-OH is 1. The van der Waals surface area contributed by atoms with Gasteiger partial charge in [0.05, 0.1) is 6.10 Å². The first kappa shape index (κ1) is 17.0. The average molecular weight is 368 g/mol. The van der Waals surface area contributed by atoms with Crippen molar-refractivity contribution in [3.05, 3.63) is 52.2 Å². The molecule has 0 saturated carbocycles. The third kappa shape index (κ3) is 2.51. The molecule has 0 unspecified atom stereocenters. The highest BCUT2D eigenvalue weighted by atomic mass is 16.5. The van der Waals surface area contributed by atoms with Gasteiger partial charge in [-0.3, -0.25) is 4.79 Å². The fourth-order valence-electron chi connectivity index (χ4n) is 3.12. The Kier molecular flexibility index (Phi) is 3.64. The maximum Gasteiger partial charge on any atom is 0.302 e. The molecule has 2 aromatic carbocycles. The van der Waals surface area contributed by atoms with Gasteiger partial charge in [0.1, 0.15) is 39.2 Å². The van der Waals surface area contributed by atoms with Gasteiger partial charge in [0.25, 0.3) is 0 Å². The number of furan rings is 1. The summed E-state index contributed by atoms with van der Waals surface area (Å²) in [7, 11) is 0. The highest BCUT2D eigenvalue weighted by Crippen LogP contribution is 2.38. The molecule has 4 aromatic rings. The zero-order valence-corrected chi connectivity index (χ0v) is 14.3. The van der Waals surface area contributed by atoms with Gasteiger partial charge < -0.3 is 29.3 Å². The monoisotopic (exact) mass is 368 g/mol. The lowest BCUT2D eigenvalue weighted by atomic mass is 9.99. The van der Waals surface area contributed by atoms with Gasteiger partial charge in [-0.15, -0.1) is 0 Å². The maximum absolute atomic E-state index is 13.0. The van der Waals surface area contributed by atoms with Gasteiger partial charge in [0, 0.05) is 29.5 Å². The van der Waals surface area contributed by atoms with Crippen LogP contribution >= 0.6 is 0 Å². The molecule has 0 aliphatic rings. The molecular formula is C20H16O7. The molecule has 4 N–H and O–H groups in total. The normalized spacial score (nSPS) is 12.8. The molecule has 2 aromatic heterocycles. The van der Waals surface area contributed by atoms with Gasteiger partial charge in [0.15, 0.2) is 0 Å². The van der Waals surface area contributed by atoms with Gasteiger partial charge in [-0.05, 0) is 19.1 Å². The van der Waals surface area contributed by atoms with Crippen molar-refractivity contribution in [1.29, 1.82) is 0 Å². The fraction of sp³-hybridized carbons (Fsp3) is 0.150. The number of hydrogen-bond acceptors (Lipinski definition) is 7. The number of benzene rings is 2. The van der Waals surface area contributed by atoms with Crippen molar-refractivity contribution in [1.82, 2.24) is 0 Å². The van der Waals surface area contributed by atoms with E-state index < -0.39 is 17.3 Å². The molecule has 0 aliphatic heterocycles. The summed E-state index contributed by atoms with van der Waals surface area (Å²) >= 11 is 0. The number of phenols is 3. The number of hydrogen-bond donors (Lipinski definition) is 4. The summed E-state index contributed by atoms with van der Waals surface area (Å²) in [5.74, 6) is -0.901.